The number of hydrogen-bond acceptors (Lipinski definition) is 4. The first-order valence-electron chi connectivity index (χ1n) is 13.8. The van der Waals surface area contributed by atoms with Crippen molar-refractivity contribution in [2.75, 3.05) is 17.1 Å². The Bertz CT molecular complexity index is 1500. The molecule has 1 unspecified atom stereocenters. The quantitative estimate of drug-likeness (QED) is 0.257. The van der Waals surface area contributed by atoms with Gasteiger partial charge in [-0.05, 0) is 54.3 Å². The third-order valence-electron chi connectivity index (χ3n) is 7.32. The zero-order valence-corrected chi connectivity index (χ0v) is 26.4. The molecule has 0 saturated heterocycles. The van der Waals surface area contributed by atoms with Crippen LogP contribution in [-0.2, 0) is 32.6 Å². The van der Waals surface area contributed by atoms with Crippen molar-refractivity contribution in [2.24, 2.45) is 0 Å². The van der Waals surface area contributed by atoms with Gasteiger partial charge in [0.25, 0.3) is 0 Å². The van der Waals surface area contributed by atoms with Crippen LogP contribution in [0.5, 0.6) is 0 Å². The molecular weight excluding hydrogens is 617 g/mol. The van der Waals surface area contributed by atoms with Crippen molar-refractivity contribution in [3.63, 3.8) is 0 Å². The Kier molecular flexibility index (Phi) is 11.2. The third kappa shape index (κ3) is 8.86. The Morgan fingerprint density at radius 2 is 1.55 bits per heavy atom. The lowest BCUT2D eigenvalue weighted by atomic mass is 9.94. The number of halogens is 3. The van der Waals surface area contributed by atoms with E-state index >= 15 is 0 Å². The highest BCUT2D eigenvalue weighted by Gasteiger charge is 2.34. The Labute approximate surface area is 262 Å². The summed E-state index contributed by atoms with van der Waals surface area (Å²) in [4.78, 5) is 29.6. The Morgan fingerprint density at radius 3 is 2.21 bits per heavy atom. The molecule has 0 aromatic heterocycles. The zero-order chi connectivity index (χ0) is 30.3. The monoisotopic (exact) mass is 649 g/mol. The number of rotatable bonds is 11. The molecule has 224 valence electrons. The van der Waals surface area contributed by atoms with Crippen LogP contribution in [0, 0.1) is 0 Å². The number of nitrogens with zero attached hydrogens (tertiary/aromatic N) is 2. The molecule has 0 aliphatic heterocycles. The second-order valence-electron chi connectivity index (χ2n) is 10.6. The van der Waals surface area contributed by atoms with E-state index in [-0.39, 0.29) is 40.6 Å². The molecule has 1 aliphatic carbocycles. The highest BCUT2D eigenvalue weighted by atomic mass is 35.5. The van der Waals surface area contributed by atoms with Gasteiger partial charge >= 0.3 is 0 Å². The summed E-state index contributed by atoms with van der Waals surface area (Å²) in [5.41, 5.74) is 1.64. The summed E-state index contributed by atoms with van der Waals surface area (Å²) in [6.07, 6.45) is 6.18. The van der Waals surface area contributed by atoms with Crippen molar-refractivity contribution in [1.29, 1.82) is 0 Å². The molecule has 1 N–H and O–H groups in total. The van der Waals surface area contributed by atoms with Gasteiger partial charge in [-0.15, -0.1) is 0 Å². The normalized spacial score (nSPS) is 14.7. The standard InChI is InChI=1S/C31H34Cl3N3O4S/c1-42(40,41)37(28-19-25(33)15-16-27(28)34)21-30(38)36(20-23-11-8-12-24(32)17-23)29(18-22-9-4-2-5-10-22)31(39)35-26-13-6-3-7-14-26/h2,4-5,8-12,15-17,19,26,29H,3,6-7,13-14,18,20-21H2,1H3,(H,35,39). The van der Waals surface area contributed by atoms with Crippen molar-refractivity contribution in [3.05, 3.63) is 99.0 Å². The van der Waals surface area contributed by atoms with Crippen molar-refractivity contribution < 1.29 is 18.0 Å². The molecule has 3 aromatic carbocycles. The summed E-state index contributed by atoms with van der Waals surface area (Å²) in [6, 6.07) is 20.0. The van der Waals surface area contributed by atoms with Gasteiger partial charge in [0, 0.05) is 29.1 Å². The van der Waals surface area contributed by atoms with Crippen LogP contribution in [0.25, 0.3) is 0 Å². The first-order valence-corrected chi connectivity index (χ1v) is 16.8. The number of hydrogen-bond donors (Lipinski definition) is 1. The maximum atomic E-state index is 14.2. The lowest BCUT2D eigenvalue weighted by molar-refractivity contribution is -0.140. The average molecular weight is 651 g/mol. The number of amides is 2. The molecule has 11 heteroatoms. The lowest BCUT2D eigenvalue weighted by Crippen LogP contribution is -2.55. The molecule has 0 bridgehead atoms. The van der Waals surface area contributed by atoms with E-state index in [1.54, 1.807) is 18.2 Å². The molecule has 1 fully saturated rings. The summed E-state index contributed by atoms with van der Waals surface area (Å²) >= 11 is 18.8. The first-order chi connectivity index (χ1) is 20.0. The second-order valence-corrected chi connectivity index (χ2v) is 13.8. The molecule has 0 heterocycles. The van der Waals surface area contributed by atoms with Crippen LogP contribution >= 0.6 is 34.8 Å². The maximum Gasteiger partial charge on any atom is 0.244 e. The van der Waals surface area contributed by atoms with E-state index in [4.69, 9.17) is 34.8 Å². The summed E-state index contributed by atoms with van der Waals surface area (Å²) in [6.45, 7) is -0.544. The molecule has 7 nitrogen and oxygen atoms in total. The summed E-state index contributed by atoms with van der Waals surface area (Å²) in [5, 5.41) is 4.04. The number of benzene rings is 3. The number of carbonyl (C=O) groups is 2. The SMILES string of the molecule is CS(=O)(=O)N(CC(=O)N(Cc1cccc(Cl)c1)C(Cc1ccccc1)C(=O)NC1CCCCC1)c1cc(Cl)ccc1Cl. The lowest BCUT2D eigenvalue weighted by Gasteiger charge is -2.35. The van der Waals surface area contributed by atoms with Gasteiger partial charge in [-0.3, -0.25) is 13.9 Å². The van der Waals surface area contributed by atoms with Gasteiger partial charge < -0.3 is 10.2 Å². The Morgan fingerprint density at radius 1 is 0.881 bits per heavy atom. The molecule has 42 heavy (non-hydrogen) atoms. The number of carbonyl (C=O) groups excluding carboxylic acids is 2. The van der Waals surface area contributed by atoms with Crippen LogP contribution in [0.3, 0.4) is 0 Å². The molecule has 1 saturated carbocycles. The minimum absolute atomic E-state index is 0.0189. The van der Waals surface area contributed by atoms with E-state index in [2.05, 4.69) is 5.32 Å². The molecule has 1 aliphatic rings. The predicted molar refractivity (Wildman–Crippen MR) is 170 cm³/mol. The van der Waals surface area contributed by atoms with Crippen molar-refractivity contribution in [1.82, 2.24) is 10.2 Å². The molecule has 4 rings (SSSR count). The minimum Gasteiger partial charge on any atom is -0.352 e. The van der Waals surface area contributed by atoms with Crippen LogP contribution in [0.4, 0.5) is 5.69 Å². The number of sulfonamides is 1. The molecule has 2 amide bonds. The fourth-order valence-electron chi connectivity index (χ4n) is 5.20. The molecular formula is C31H34Cl3N3O4S. The summed E-state index contributed by atoms with van der Waals surface area (Å²) in [7, 11) is -3.97. The highest BCUT2D eigenvalue weighted by molar-refractivity contribution is 7.92. The average Bonchev–Trinajstić information content (AvgIpc) is 2.95. The predicted octanol–water partition coefficient (Wildman–Crippen LogP) is 6.50. The van der Waals surface area contributed by atoms with E-state index in [1.165, 1.54) is 23.1 Å². The van der Waals surface area contributed by atoms with Crippen molar-refractivity contribution >= 4 is 62.3 Å². The molecule has 0 spiro atoms. The minimum atomic E-state index is -3.97. The van der Waals surface area contributed by atoms with Crippen molar-refractivity contribution in [3.8, 4) is 0 Å². The molecule has 3 aromatic rings. The maximum absolute atomic E-state index is 14.2. The van der Waals surface area contributed by atoms with E-state index in [0.717, 1.165) is 48.2 Å². The smallest absolute Gasteiger partial charge is 0.244 e. The fourth-order valence-corrected chi connectivity index (χ4v) is 6.70. The highest BCUT2D eigenvalue weighted by Crippen LogP contribution is 2.31. The van der Waals surface area contributed by atoms with Gasteiger partial charge in [0.05, 0.1) is 17.0 Å². The van der Waals surface area contributed by atoms with Crippen LogP contribution in [0.2, 0.25) is 15.1 Å². The van der Waals surface area contributed by atoms with Gasteiger partial charge in [0.15, 0.2) is 0 Å². The van der Waals surface area contributed by atoms with Crippen LogP contribution in [-0.4, -0.2) is 50.0 Å². The summed E-state index contributed by atoms with van der Waals surface area (Å²) < 4.78 is 26.9. The third-order valence-corrected chi connectivity index (χ3v) is 9.24. The number of nitrogens with one attached hydrogen (secondary N) is 1. The zero-order valence-electron chi connectivity index (χ0n) is 23.3. The van der Waals surface area contributed by atoms with Crippen molar-refractivity contribution in [2.45, 2.75) is 57.2 Å². The molecule has 0 radical (unpaired) electrons. The first kappa shape index (κ1) is 32.1. The van der Waals surface area contributed by atoms with Gasteiger partial charge in [0.1, 0.15) is 12.6 Å². The number of anilines is 1. The van der Waals surface area contributed by atoms with Gasteiger partial charge in [-0.1, -0.05) is 96.5 Å². The van der Waals surface area contributed by atoms with E-state index in [9.17, 15) is 18.0 Å². The van der Waals surface area contributed by atoms with Crippen LogP contribution in [0.1, 0.15) is 43.2 Å². The van der Waals surface area contributed by atoms with E-state index in [1.807, 2.05) is 36.4 Å². The Balaban J connectivity index is 1.74. The van der Waals surface area contributed by atoms with E-state index < -0.39 is 28.5 Å². The van der Waals surface area contributed by atoms with Crippen LogP contribution < -0.4 is 9.62 Å². The molecule has 1 atom stereocenters. The summed E-state index contributed by atoms with van der Waals surface area (Å²) in [5.74, 6) is -0.857. The second kappa shape index (κ2) is 14.6. The topological polar surface area (TPSA) is 86.8 Å². The van der Waals surface area contributed by atoms with Gasteiger partial charge in [-0.2, -0.15) is 0 Å². The van der Waals surface area contributed by atoms with E-state index in [0.29, 0.717) is 10.6 Å². The van der Waals surface area contributed by atoms with Crippen LogP contribution in [0.15, 0.2) is 72.8 Å². The van der Waals surface area contributed by atoms with Gasteiger partial charge in [-0.25, -0.2) is 8.42 Å². The Hall–Kier alpha value is -2.78. The van der Waals surface area contributed by atoms with Gasteiger partial charge in [0.2, 0.25) is 21.8 Å². The fraction of sp³-hybridized carbons (Fsp3) is 0.355. The largest absolute Gasteiger partial charge is 0.352 e.